The topological polar surface area (TPSA) is 32.3 Å². The predicted octanol–water partition coefficient (Wildman–Crippen LogP) is 1.92. The van der Waals surface area contributed by atoms with Crippen molar-refractivity contribution in [3.8, 4) is 0 Å². The van der Waals surface area contributed by atoms with Crippen LogP contribution in [0.2, 0.25) is 0 Å². The van der Waals surface area contributed by atoms with Crippen LogP contribution in [0.1, 0.15) is 52.4 Å². The van der Waals surface area contributed by atoms with Crippen molar-refractivity contribution in [2.75, 3.05) is 13.1 Å². The lowest BCUT2D eigenvalue weighted by molar-refractivity contribution is -0.130. The van der Waals surface area contributed by atoms with Crippen LogP contribution in [0.5, 0.6) is 0 Å². The molecular weight excluding hydrogens is 200 g/mol. The van der Waals surface area contributed by atoms with Gasteiger partial charge >= 0.3 is 0 Å². The minimum Gasteiger partial charge on any atom is -0.339 e. The van der Waals surface area contributed by atoms with E-state index >= 15 is 0 Å². The number of nitrogens with zero attached hydrogens (tertiary/aromatic N) is 1. The maximum atomic E-state index is 11.5. The molecule has 16 heavy (non-hydrogen) atoms. The summed E-state index contributed by atoms with van der Waals surface area (Å²) in [6.45, 7) is 5.60. The maximum Gasteiger partial charge on any atom is 0.219 e. The molecule has 1 unspecified atom stereocenters. The molecule has 1 aliphatic carbocycles. The average Bonchev–Trinajstić information content (AvgIpc) is 2.64. The van der Waals surface area contributed by atoms with Crippen molar-refractivity contribution >= 4 is 5.91 Å². The van der Waals surface area contributed by atoms with Crippen molar-refractivity contribution < 1.29 is 4.79 Å². The van der Waals surface area contributed by atoms with E-state index in [1.807, 2.05) is 4.90 Å². The molecule has 1 aliphatic heterocycles. The Morgan fingerprint density at radius 2 is 2.06 bits per heavy atom. The smallest absolute Gasteiger partial charge is 0.219 e. The molecule has 2 rings (SSSR count). The summed E-state index contributed by atoms with van der Waals surface area (Å²) in [5.74, 6) is 0.224. The molecule has 3 nitrogen and oxygen atoms in total. The lowest BCUT2D eigenvalue weighted by atomic mass is 9.80. The van der Waals surface area contributed by atoms with Gasteiger partial charge in [-0.15, -0.1) is 0 Å². The molecule has 1 N–H and O–H groups in total. The van der Waals surface area contributed by atoms with E-state index in [0.29, 0.717) is 11.6 Å². The number of carbonyl (C=O) groups is 1. The van der Waals surface area contributed by atoms with E-state index in [4.69, 9.17) is 0 Å². The molecule has 0 aromatic rings. The largest absolute Gasteiger partial charge is 0.339 e. The molecule has 0 radical (unpaired) electrons. The second-order valence-electron chi connectivity index (χ2n) is 5.38. The van der Waals surface area contributed by atoms with Crippen LogP contribution < -0.4 is 5.32 Å². The third-order valence-electron chi connectivity index (χ3n) is 4.34. The molecule has 92 valence electrons. The van der Waals surface area contributed by atoms with E-state index in [1.165, 1.54) is 38.5 Å². The summed E-state index contributed by atoms with van der Waals surface area (Å²) in [6.07, 6.45) is 7.87. The van der Waals surface area contributed by atoms with Crippen molar-refractivity contribution in [1.82, 2.24) is 10.2 Å². The van der Waals surface area contributed by atoms with Gasteiger partial charge in [0.25, 0.3) is 0 Å². The number of hydrogen-bond acceptors (Lipinski definition) is 2. The first-order valence-electron chi connectivity index (χ1n) is 6.69. The first-order valence-corrected chi connectivity index (χ1v) is 6.69. The molecule has 2 aliphatic rings. The quantitative estimate of drug-likeness (QED) is 0.777. The van der Waals surface area contributed by atoms with Crippen LogP contribution in [0.15, 0.2) is 0 Å². The number of carbonyl (C=O) groups excluding carboxylic acids is 1. The maximum absolute atomic E-state index is 11.5. The SMILES string of the molecule is CCN(C(C)=O)C1CNC2(CCCCC2)C1. The Kier molecular flexibility index (Phi) is 3.53. The normalized spacial score (nSPS) is 28.2. The van der Waals surface area contributed by atoms with Gasteiger partial charge in [0.1, 0.15) is 0 Å². The second-order valence-corrected chi connectivity index (χ2v) is 5.38. The lowest BCUT2D eigenvalue weighted by Gasteiger charge is -2.34. The van der Waals surface area contributed by atoms with Gasteiger partial charge in [-0.2, -0.15) is 0 Å². The fourth-order valence-electron chi connectivity index (χ4n) is 3.50. The van der Waals surface area contributed by atoms with Gasteiger partial charge in [0.05, 0.1) is 0 Å². The molecule has 1 saturated heterocycles. The molecular formula is C13H24N2O. The Labute approximate surface area is 98.6 Å². The van der Waals surface area contributed by atoms with Crippen molar-refractivity contribution in [3.63, 3.8) is 0 Å². The Bertz CT molecular complexity index is 259. The van der Waals surface area contributed by atoms with Gasteiger partial charge in [0, 0.05) is 31.6 Å². The standard InChI is InChI=1S/C13H24N2O/c1-3-15(11(2)16)12-9-13(14-10-12)7-5-4-6-8-13/h12,14H,3-10H2,1-2H3. The zero-order chi connectivity index (χ0) is 11.6. The number of nitrogens with one attached hydrogen (secondary N) is 1. The second kappa shape index (κ2) is 4.74. The summed E-state index contributed by atoms with van der Waals surface area (Å²) in [6, 6.07) is 0.431. The molecule has 1 saturated carbocycles. The van der Waals surface area contributed by atoms with E-state index in [9.17, 15) is 4.79 Å². The van der Waals surface area contributed by atoms with Gasteiger partial charge < -0.3 is 10.2 Å². The van der Waals surface area contributed by atoms with E-state index in [-0.39, 0.29) is 5.91 Å². The average molecular weight is 224 g/mol. The van der Waals surface area contributed by atoms with Gasteiger partial charge in [-0.3, -0.25) is 4.79 Å². The van der Waals surface area contributed by atoms with Crippen LogP contribution in [0, 0.1) is 0 Å². The fraction of sp³-hybridized carbons (Fsp3) is 0.923. The predicted molar refractivity (Wildman–Crippen MR) is 65.3 cm³/mol. The monoisotopic (exact) mass is 224 g/mol. The van der Waals surface area contributed by atoms with Crippen LogP contribution in [0.4, 0.5) is 0 Å². The fourth-order valence-corrected chi connectivity index (χ4v) is 3.50. The highest BCUT2D eigenvalue weighted by molar-refractivity contribution is 5.73. The minimum absolute atomic E-state index is 0.224. The molecule has 2 fully saturated rings. The molecule has 0 aromatic carbocycles. The summed E-state index contributed by atoms with van der Waals surface area (Å²) >= 11 is 0. The highest BCUT2D eigenvalue weighted by Gasteiger charge is 2.41. The molecule has 0 bridgehead atoms. The molecule has 0 aromatic heterocycles. The minimum atomic E-state index is 0.224. The summed E-state index contributed by atoms with van der Waals surface area (Å²) in [7, 11) is 0. The van der Waals surface area contributed by atoms with Crippen molar-refractivity contribution in [3.05, 3.63) is 0 Å². The zero-order valence-electron chi connectivity index (χ0n) is 10.6. The lowest BCUT2D eigenvalue weighted by Crippen LogP contribution is -2.41. The van der Waals surface area contributed by atoms with Gasteiger partial charge in [0.2, 0.25) is 5.91 Å². The van der Waals surface area contributed by atoms with Gasteiger partial charge in [-0.05, 0) is 26.2 Å². The Morgan fingerprint density at radius 1 is 1.38 bits per heavy atom. The molecule has 1 spiro atoms. The van der Waals surface area contributed by atoms with E-state index in [2.05, 4.69) is 12.2 Å². The summed E-state index contributed by atoms with van der Waals surface area (Å²) in [5.41, 5.74) is 0.367. The molecule has 1 heterocycles. The van der Waals surface area contributed by atoms with Crippen LogP contribution in [0.25, 0.3) is 0 Å². The van der Waals surface area contributed by atoms with Crippen LogP contribution in [-0.2, 0) is 4.79 Å². The van der Waals surface area contributed by atoms with Gasteiger partial charge in [0.15, 0.2) is 0 Å². The Hall–Kier alpha value is -0.570. The molecule has 1 amide bonds. The van der Waals surface area contributed by atoms with Crippen molar-refractivity contribution in [2.45, 2.75) is 64.0 Å². The number of likely N-dealkylation sites (N-methyl/N-ethyl adjacent to an activating group) is 1. The number of hydrogen-bond donors (Lipinski definition) is 1. The number of amides is 1. The van der Waals surface area contributed by atoms with Gasteiger partial charge in [-0.25, -0.2) is 0 Å². The number of rotatable bonds is 2. The van der Waals surface area contributed by atoms with Crippen molar-refractivity contribution in [2.24, 2.45) is 0 Å². The summed E-state index contributed by atoms with van der Waals surface area (Å²) < 4.78 is 0. The van der Waals surface area contributed by atoms with Crippen LogP contribution in [0.3, 0.4) is 0 Å². The van der Waals surface area contributed by atoms with Crippen LogP contribution >= 0.6 is 0 Å². The first-order chi connectivity index (χ1) is 7.67. The van der Waals surface area contributed by atoms with E-state index < -0.39 is 0 Å². The molecule has 1 atom stereocenters. The van der Waals surface area contributed by atoms with Gasteiger partial charge in [-0.1, -0.05) is 19.3 Å². The Balaban J connectivity index is 1.98. The third-order valence-corrected chi connectivity index (χ3v) is 4.34. The van der Waals surface area contributed by atoms with E-state index in [1.54, 1.807) is 6.92 Å². The zero-order valence-corrected chi connectivity index (χ0v) is 10.6. The highest BCUT2D eigenvalue weighted by atomic mass is 16.2. The first kappa shape index (κ1) is 11.9. The van der Waals surface area contributed by atoms with E-state index in [0.717, 1.165) is 13.1 Å². The summed E-state index contributed by atoms with van der Waals surface area (Å²) in [5, 5.41) is 3.70. The molecule has 3 heteroatoms. The Morgan fingerprint density at radius 3 is 2.62 bits per heavy atom. The van der Waals surface area contributed by atoms with Crippen LogP contribution in [-0.4, -0.2) is 35.5 Å². The highest BCUT2D eigenvalue weighted by Crippen LogP contribution is 2.36. The van der Waals surface area contributed by atoms with Crippen molar-refractivity contribution in [1.29, 1.82) is 0 Å². The third kappa shape index (κ3) is 2.24. The summed E-state index contributed by atoms with van der Waals surface area (Å²) in [4.78, 5) is 13.6.